The van der Waals surface area contributed by atoms with Gasteiger partial charge in [0.25, 0.3) is 0 Å². The molecule has 1 amide bonds. The van der Waals surface area contributed by atoms with Crippen LogP contribution in [0.3, 0.4) is 0 Å². The van der Waals surface area contributed by atoms with Gasteiger partial charge in [0.05, 0.1) is 5.69 Å². The summed E-state index contributed by atoms with van der Waals surface area (Å²) in [5.74, 6) is 0. The Balaban J connectivity index is 3.01. The van der Waals surface area contributed by atoms with E-state index in [4.69, 9.17) is 0 Å². The van der Waals surface area contributed by atoms with Crippen molar-refractivity contribution in [1.82, 2.24) is 0 Å². The van der Waals surface area contributed by atoms with Gasteiger partial charge >= 0.3 is 0 Å². The van der Waals surface area contributed by atoms with Crippen LogP contribution in [0.1, 0.15) is 5.56 Å². The lowest BCUT2D eigenvalue weighted by Crippen LogP contribution is -1.94. The molecular formula is C8H8BrNO. The zero-order valence-corrected chi connectivity index (χ0v) is 7.68. The van der Waals surface area contributed by atoms with E-state index in [1.54, 1.807) is 0 Å². The average molecular weight is 214 g/mol. The minimum atomic E-state index is 0.666. The second kappa shape index (κ2) is 3.53. The van der Waals surface area contributed by atoms with Crippen LogP contribution in [0.5, 0.6) is 0 Å². The molecule has 58 valence electrons. The molecule has 0 saturated carbocycles. The highest BCUT2D eigenvalue weighted by atomic mass is 79.9. The lowest BCUT2D eigenvalue weighted by atomic mass is 10.2. The standard InChI is InChI=1S/C8H8BrNO/c1-6-2-3-7(9)8(4-6)10-5-11/h2-5H,1H3,(H,10,11). The summed E-state index contributed by atoms with van der Waals surface area (Å²) < 4.78 is 0.898. The molecule has 0 aliphatic carbocycles. The monoisotopic (exact) mass is 213 g/mol. The molecule has 1 N–H and O–H groups in total. The number of carbonyl (C=O) groups is 1. The third-order valence-corrected chi connectivity index (χ3v) is 2.03. The Hall–Kier alpha value is -0.830. The van der Waals surface area contributed by atoms with Crippen molar-refractivity contribution in [3.8, 4) is 0 Å². The highest BCUT2D eigenvalue weighted by Crippen LogP contribution is 2.22. The van der Waals surface area contributed by atoms with Gasteiger partial charge in [-0.15, -0.1) is 0 Å². The summed E-state index contributed by atoms with van der Waals surface area (Å²) in [6.07, 6.45) is 0.666. The number of nitrogens with one attached hydrogen (secondary N) is 1. The topological polar surface area (TPSA) is 29.1 Å². The van der Waals surface area contributed by atoms with Crippen LogP contribution in [0.2, 0.25) is 0 Å². The summed E-state index contributed by atoms with van der Waals surface area (Å²) in [5, 5.41) is 2.59. The molecule has 0 aliphatic heterocycles. The SMILES string of the molecule is Cc1ccc(Br)c(NC=O)c1. The Morgan fingerprint density at radius 1 is 1.55 bits per heavy atom. The van der Waals surface area contributed by atoms with Crippen molar-refractivity contribution in [3.63, 3.8) is 0 Å². The second-order valence-corrected chi connectivity index (χ2v) is 3.10. The fourth-order valence-corrected chi connectivity index (χ4v) is 1.17. The van der Waals surface area contributed by atoms with Crippen LogP contribution in [0.15, 0.2) is 22.7 Å². The Labute approximate surface area is 73.7 Å². The first-order valence-electron chi connectivity index (χ1n) is 3.20. The fraction of sp³-hybridized carbons (Fsp3) is 0.125. The van der Waals surface area contributed by atoms with Gasteiger partial charge in [0, 0.05) is 4.47 Å². The molecule has 1 aromatic carbocycles. The van der Waals surface area contributed by atoms with E-state index < -0.39 is 0 Å². The quantitative estimate of drug-likeness (QED) is 0.752. The zero-order chi connectivity index (χ0) is 8.27. The lowest BCUT2D eigenvalue weighted by Gasteiger charge is -2.02. The molecule has 0 aromatic heterocycles. The summed E-state index contributed by atoms with van der Waals surface area (Å²) in [6.45, 7) is 1.97. The van der Waals surface area contributed by atoms with Crippen molar-refractivity contribution in [3.05, 3.63) is 28.2 Å². The molecule has 0 radical (unpaired) electrons. The molecule has 2 nitrogen and oxygen atoms in total. The zero-order valence-electron chi connectivity index (χ0n) is 6.10. The van der Waals surface area contributed by atoms with Crippen LogP contribution >= 0.6 is 15.9 Å². The highest BCUT2D eigenvalue weighted by molar-refractivity contribution is 9.10. The number of carbonyl (C=O) groups excluding carboxylic acids is 1. The average Bonchev–Trinajstić information content (AvgIpc) is 1.98. The molecule has 1 rings (SSSR count). The maximum Gasteiger partial charge on any atom is 0.211 e. The van der Waals surface area contributed by atoms with E-state index in [0.717, 1.165) is 15.7 Å². The van der Waals surface area contributed by atoms with E-state index in [1.807, 2.05) is 25.1 Å². The molecule has 11 heavy (non-hydrogen) atoms. The van der Waals surface area contributed by atoms with Crippen LogP contribution in [0.4, 0.5) is 5.69 Å². The van der Waals surface area contributed by atoms with Gasteiger partial charge in [0.15, 0.2) is 0 Å². The molecule has 1 aromatic rings. The van der Waals surface area contributed by atoms with Gasteiger partial charge in [0.1, 0.15) is 0 Å². The highest BCUT2D eigenvalue weighted by Gasteiger charge is 1.96. The molecular weight excluding hydrogens is 206 g/mol. The van der Waals surface area contributed by atoms with Crippen molar-refractivity contribution in [1.29, 1.82) is 0 Å². The minimum Gasteiger partial charge on any atom is -0.328 e. The van der Waals surface area contributed by atoms with Crippen molar-refractivity contribution in [2.75, 3.05) is 5.32 Å². The third kappa shape index (κ3) is 2.05. The molecule has 0 spiro atoms. The van der Waals surface area contributed by atoms with Crippen LogP contribution in [-0.2, 0) is 4.79 Å². The van der Waals surface area contributed by atoms with E-state index in [1.165, 1.54) is 0 Å². The fourth-order valence-electron chi connectivity index (χ4n) is 0.813. The third-order valence-electron chi connectivity index (χ3n) is 1.34. The summed E-state index contributed by atoms with van der Waals surface area (Å²) >= 11 is 3.31. The maximum absolute atomic E-state index is 10.1. The normalized spacial score (nSPS) is 9.27. The smallest absolute Gasteiger partial charge is 0.211 e. The largest absolute Gasteiger partial charge is 0.328 e. The van der Waals surface area contributed by atoms with E-state index >= 15 is 0 Å². The van der Waals surface area contributed by atoms with E-state index in [-0.39, 0.29) is 0 Å². The van der Waals surface area contributed by atoms with E-state index in [9.17, 15) is 4.79 Å². The van der Waals surface area contributed by atoms with Crippen molar-refractivity contribution in [2.45, 2.75) is 6.92 Å². The molecule has 0 aliphatic rings. The van der Waals surface area contributed by atoms with Gasteiger partial charge in [-0.05, 0) is 40.5 Å². The maximum atomic E-state index is 10.1. The number of halogens is 1. The van der Waals surface area contributed by atoms with Crippen LogP contribution in [0.25, 0.3) is 0 Å². The van der Waals surface area contributed by atoms with Gasteiger partial charge in [-0.3, -0.25) is 4.79 Å². The van der Waals surface area contributed by atoms with Crippen molar-refractivity contribution >= 4 is 28.0 Å². The number of benzene rings is 1. The number of hydrogen-bond acceptors (Lipinski definition) is 1. The van der Waals surface area contributed by atoms with Crippen LogP contribution < -0.4 is 5.32 Å². The summed E-state index contributed by atoms with van der Waals surface area (Å²) in [6, 6.07) is 5.78. The van der Waals surface area contributed by atoms with Gasteiger partial charge in [0.2, 0.25) is 6.41 Å². The number of hydrogen-bond donors (Lipinski definition) is 1. The van der Waals surface area contributed by atoms with Crippen molar-refractivity contribution < 1.29 is 4.79 Å². The Morgan fingerprint density at radius 2 is 2.27 bits per heavy atom. The molecule has 0 fully saturated rings. The summed E-state index contributed by atoms with van der Waals surface area (Å²) in [7, 11) is 0. The molecule has 0 heterocycles. The van der Waals surface area contributed by atoms with Gasteiger partial charge in [-0.25, -0.2) is 0 Å². The summed E-state index contributed by atoms with van der Waals surface area (Å²) in [5.41, 5.74) is 1.93. The van der Waals surface area contributed by atoms with Crippen LogP contribution in [-0.4, -0.2) is 6.41 Å². The Kier molecular flexibility index (Phi) is 2.65. The first-order valence-corrected chi connectivity index (χ1v) is 3.99. The lowest BCUT2D eigenvalue weighted by molar-refractivity contribution is -0.105. The van der Waals surface area contributed by atoms with Gasteiger partial charge in [-0.1, -0.05) is 6.07 Å². The number of rotatable bonds is 2. The Bertz CT molecular complexity index is 273. The van der Waals surface area contributed by atoms with Crippen molar-refractivity contribution in [2.24, 2.45) is 0 Å². The van der Waals surface area contributed by atoms with Crippen LogP contribution in [0, 0.1) is 6.92 Å². The van der Waals surface area contributed by atoms with E-state index in [0.29, 0.717) is 6.41 Å². The molecule has 0 unspecified atom stereocenters. The molecule has 0 atom stereocenters. The minimum absolute atomic E-state index is 0.666. The molecule has 0 bridgehead atoms. The van der Waals surface area contributed by atoms with Gasteiger partial charge < -0.3 is 5.32 Å². The number of anilines is 1. The second-order valence-electron chi connectivity index (χ2n) is 2.25. The Morgan fingerprint density at radius 3 is 2.91 bits per heavy atom. The first-order chi connectivity index (χ1) is 5.24. The predicted octanol–water partition coefficient (Wildman–Crippen LogP) is 2.33. The van der Waals surface area contributed by atoms with Gasteiger partial charge in [-0.2, -0.15) is 0 Å². The summed E-state index contributed by atoms with van der Waals surface area (Å²) in [4.78, 5) is 10.1. The first kappa shape index (κ1) is 8.27. The predicted molar refractivity (Wildman–Crippen MR) is 48.6 cm³/mol. The molecule has 0 saturated heterocycles. The van der Waals surface area contributed by atoms with E-state index in [2.05, 4.69) is 21.2 Å². The number of aryl methyl sites for hydroxylation is 1. The number of amides is 1. The molecule has 3 heteroatoms.